The first-order chi connectivity index (χ1) is 7.42. The van der Waals surface area contributed by atoms with Crippen LogP contribution in [0.15, 0.2) is 12.4 Å². The van der Waals surface area contributed by atoms with Crippen molar-refractivity contribution in [1.29, 1.82) is 0 Å². The molecular weight excluding hydrogens is 196 g/mol. The molecule has 0 aliphatic heterocycles. The SMILES string of the molecule is OCCCCNc1cncc2nnnn12. The van der Waals surface area contributed by atoms with Crippen LogP contribution in [0.1, 0.15) is 12.8 Å². The minimum atomic E-state index is 0.217. The second kappa shape index (κ2) is 4.65. The summed E-state index contributed by atoms with van der Waals surface area (Å²) in [6, 6.07) is 0. The number of anilines is 1. The molecule has 0 aliphatic carbocycles. The van der Waals surface area contributed by atoms with Crippen molar-refractivity contribution in [2.75, 3.05) is 18.5 Å². The van der Waals surface area contributed by atoms with E-state index in [4.69, 9.17) is 5.11 Å². The lowest BCUT2D eigenvalue weighted by molar-refractivity contribution is 0.286. The van der Waals surface area contributed by atoms with Crippen LogP contribution in [0.4, 0.5) is 5.82 Å². The van der Waals surface area contributed by atoms with Crippen LogP contribution in [-0.2, 0) is 0 Å². The summed E-state index contributed by atoms with van der Waals surface area (Å²) in [5, 5.41) is 22.9. The van der Waals surface area contributed by atoms with E-state index in [1.165, 1.54) is 0 Å². The molecule has 0 aromatic carbocycles. The standard InChI is InChI=1S/C8H12N6O/c15-4-2-1-3-10-7-5-9-6-8-11-12-13-14(7)8/h5-6,10,15H,1-4H2. The van der Waals surface area contributed by atoms with Gasteiger partial charge < -0.3 is 10.4 Å². The van der Waals surface area contributed by atoms with Gasteiger partial charge in [-0.05, 0) is 23.3 Å². The molecule has 0 amide bonds. The predicted molar refractivity (Wildman–Crippen MR) is 53.4 cm³/mol. The lowest BCUT2D eigenvalue weighted by Gasteiger charge is -2.05. The van der Waals surface area contributed by atoms with E-state index in [1.54, 1.807) is 16.9 Å². The van der Waals surface area contributed by atoms with Crippen LogP contribution in [0.25, 0.3) is 5.65 Å². The summed E-state index contributed by atoms with van der Waals surface area (Å²) >= 11 is 0. The molecule has 2 aromatic rings. The van der Waals surface area contributed by atoms with Crippen molar-refractivity contribution in [3.63, 3.8) is 0 Å². The molecule has 7 nitrogen and oxygen atoms in total. The van der Waals surface area contributed by atoms with Gasteiger partial charge in [0.15, 0.2) is 5.65 Å². The predicted octanol–water partition coefficient (Wildman–Crippen LogP) is -0.296. The first-order valence-electron chi connectivity index (χ1n) is 4.78. The Morgan fingerprint density at radius 1 is 1.33 bits per heavy atom. The quantitative estimate of drug-likeness (QED) is 0.656. The molecule has 0 radical (unpaired) electrons. The van der Waals surface area contributed by atoms with Gasteiger partial charge in [-0.25, -0.2) is 0 Å². The molecule has 0 saturated carbocycles. The second-order valence-corrected chi connectivity index (χ2v) is 3.10. The second-order valence-electron chi connectivity index (χ2n) is 3.10. The van der Waals surface area contributed by atoms with Crippen molar-refractivity contribution in [2.45, 2.75) is 12.8 Å². The van der Waals surface area contributed by atoms with Crippen LogP contribution < -0.4 is 5.32 Å². The number of fused-ring (bicyclic) bond motifs is 1. The minimum Gasteiger partial charge on any atom is -0.396 e. The van der Waals surface area contributed by atoms with Gasteiger partial charge in [0, 0.05) is 13.2 Å². The van der Waals surface area contributed by atoms with Gasteiger partial charge in [-0.15, -0.1) is 5.10 Å². The molecule has 2 rings (SSSR count). The van der Waals surface area contributed by atoms with Crippen LogP contribution in [0.3, 0.4) is 0 Å². The maximum Gasteiger partial charge on any atom is 0.199 e. The molecule has 0 saturated heterocycles. The zero-order chi connectivity index (χ0) is 10.5. The molecule has 80 valence electrons. The Balaban J connectivity index is 2.04. The Morgan fingerprint density at radius 2 is 2.27 bits per heavy atom. The first kappa shape index (κ1) is 9.78. The Bertz CT molecular complexity index is 428. The zero-order valence-corrected chi connectivity index (χ0v) is 8.17. The van der Waals surface area contributed by atoms with Crippen LogP contribution in [-0.4, -0.2) is 43.3 Å². The van der Waals surface area contributed by atoms with Crippen molar-refractivity contribution in [1.82, 2.24) is 25.0 Å². The highest BCUT2D eigenvalue weighted by Gasteiger charge is 2.02. The summed E-state index contributed by atoms with van der Waals surface area (Å²) < 4.78 is 1.59. The third-order valence-corrected chi connectivity index (χ3v) is 2.00. The number of nitrogens with one attached hydrogen (secondary N) is 1. The molecule has 15 heavy (non-hydrogen) atoms. The van der Waals surface area contributed by atoms with Crippen molar-refractivity contribution in [3.8, 4) is 0 Å². The van der Waals surface area contributed by atoms with Crippen molar-refractivity contribution >= 4 is 11.5 Å². The molecule has 0 bridgehead atoms. The highest BCUT2D eigenvalue weighted by atomic mass is 16.2. The van der Waals surface area contributed by atoms with Crippen molar-refractivity contribution in [2.24, 2.45) is 0 Å². The number of nitrogens with zero attached hydrogens (tertiary/aromatic N) is 5. The summed E-state index contributed by atoms with van der Waals surface area (Å²) in [6.07, 6.45) is 4.95. The van der Waals surface area contributed by atoms with Crippen molar-refractivity contribution < 1.29 is 5.11 Å². The van der Waals surface area contributed by atoms with Crippen molar-refractivity contribution in [3.05, 3.63) is 12.4 Å². The highest BCUT2D eigenvalue weighted by Crippen LogP contribution is 2.05. The van der Waals surface area contributed by atoms with Crippen LogP contribution >= 0.6 is 0 Å². The van der Waals surface area contributed by atoms with Gasteiger partial charge in [0.2, 0.25) is 0 Å². The zero-order valence-electron chi connectivity index (χ0n) is 8.17. The van der Waals surface area contributed by atoms with Crippen LogP contribution in [0.2, 0.25) is 0 Å². The fourth-order valence-electron chi connectivity index (χ4n) is 1.25. The minimum absolute atomic E-state index is 0.217. The van der Waals surface area contributed by atoms with Gasteiger partial charge >= 0.3 is 0 Å². The molecule has 7 heteroatoms. The molecule has 2 N–H and O–H groups in total. The third kappa shape index (κ3) is 2.18. The molecule has 0 fully saturated rings. The van der Waals surface area contributed by atoms with Crippen LogP contribution in [0, 0.1) is 0 Å². The largest absolute Gasteiger partial charge is 0.396 e. The van der Waals surface area contributed by atoms with Gasteiger partial charge in [-0.1, -0.05) is 0 Å². The topological polar surface area (TPSA) is 88.2 Å². The Labute approximate surface area is 86.1 Å². The third-order valence-electron chi connectivity index (χ3n) is 2.00. The maximum atomic E-state index is 8.62. The number of unbranched alkanes of at least 4 members (excludes halogenated alkanes) is 1. The van der Waals surface area contributed by atoms with Gasteiger partial charge in [0.25, 0.3) is 0 Å². The molecule has 2 aromatic heterocycles. The smallest absolute Gasteiger partial charge is 0.199 e. The molecule has 0 spiro atoms. The summed E-state index contributed by atoms with van der Waals surface area (Å²) in [5.74, 6) is 0.760. The molecule has 0 unspecified atom stereocenters. The lowest BCUT2D eigenvalue weighted by Crippen LogP contribution is -2.07. The fourth-order valence-corrected chi connectivity index (χ4v) is 1.25. The van der Waals surface area contributed by atoms with E-state index < -0.39 is 0 Å². The number of aromatic nitrogens is 5. The van der Waals surface area contributed by atoms with E-state index in [9.17, 15) is 0 Å². The number of rotatable bonds is 5. The van der Waals surface area contributed by atoms with Gasteiger partial charge in [-0.2, -0.15) is 4.52 Å². The van der Waals surface area contributed by atoms with E-state index in [0.717, 1.165) is 25.2 Å². The fraction of sp³-hybridized carbons (Fsp3) is 0.500. The average molecular weight is 208 g/mol. The number of aliphatic hydroxyl groups excluding tert-OH is 1. The van der Waals surface area contributed by atoms with E-state index in [0.29, 0.717) is 5.65 Å². The first-order valence-corrected chi connectivity index (χ1v) is 4.78. The Kier molecular flexibility index (Phi) is 3.03. The van der Waals surface area contributed by atoms with Crippen LogP contribution in [0.5, 0.6) is 0 Å². The lowest BCUT2D eigenvalue weighted by atomic mass is 10.3. The summed E-state index contributed by atoms with van der Waals surface area (Å²) in [4.78, 5) is 4.01. The van der Waals surface area contributed by atoms with E-state index in [-0.39, 0.29) is 6.61 Å². The highest BCUT2D eigenvalue weighted by molar-refractivity contribution is 5.43. The number of aliphatic hydroxyl groups is 1. The normalized spacial score (nSPS) is 10.7. The average Bonchev–Trinajstić information content (AvgIpc) is 2.73. The molecule has 0 atom stereocenters. The summed E-state index contributed by atoms with van der Waals surface area (Å²) in [7, 11) is 0. The Hall–Kier alpha value is -1.76. The molecule has 0 aliphatic rings. The van der Waals surface area contributed by atoms with Gasteiger partial charge in [0.1, 0.15) is 5.82 Å². The maximum absolute atomic E-state index is 8.62. The molecule has 2 heterocycles. The summed E-state index contributed by atoms with van der Waals surface area (Å²) in [6.45, 7) is 0.982. The number of hydrogen-bond acceptors (Lipinski definition) is 6. The monoisotopic (exact) mass is 208 g/mol. The summed E-state index contributed by atoms with van der Waals surface area (Å²) in [5.41, 5.74) is 0.613. The van der Waals surface area contributed by atoms with Gasteiger partial charge in [-0.3, -0.25) is 4.98 Å². The number of hydrogen-bond donors (Lipinski definition) is 2. The van der Waals surface area contributed by atoms with E-state index >= 15 is 0 Å². The van der Waals surface area contributed by atoms with E-state index in [1.807, 2.05) is 0 Å². The number of tetrazole rings is 1. The Morgan fingerprint density at radius 3 is 3.13 bits per heavy atom. The molecular formula is C8H12N6O. The van der Waals surface area contributed by atoms with Gasteiger partial charge in [0.05, 0.1) is 12.4 Å². The van der Waals surface area contributed by atoms with E-state index in [2.05, 4.69) is 25.8 Å².